The van der Waals surface area contributed by atoms with Crippen LogP contribution in [-0.2, 0) is 10.3 Å². The summed E-state index contributed by atoms with van der Waals surface area (Å²) in [6.45, 7) is 7.27. The molecule has 1 aromatic carbocycles. The van der Waals surface area contributed by atoms with Crippen LogP contribution in [0.15, 0.2) is 18.2 Å². The van der Waals surface area contributed by atoms with Crippen molar-refractivity contribution in [3.63, 3.8) is 0 Å². The second-order valence-corrected chi connectivity index (χ2v) is 4.54. The first-order valence-electron chi connectivity index (χ1n) is 6.66. The summed E-state index contributed by atoms with van der Waals surface area (Å²) in [6.07, 6.45) is 0.531. The molecule has 0 aliphatic heterocycles. The Kier molecular flexibility index (Phi) is 6.12. The van der Waals surface area contributed by atoms with Crippen molar-refractivity contribution in [3.8, 4) is 11.5 Å². The smallest absolute Gasteiger partial charge is 0.161 e. The van der Waals surface area contributed by atoms with Crippen LogP contribution in [0, 0.1) is 0 Å². The molecule has 1 N–H and O–H groups in total. The van der Waals surface area contributed by atoms with E-state index in [1.807, 2.05) is 32.0 Å². The molecule has 0 aliphatic carbocycles. The number of rotatable bonds is 8. The third kappa shape index (κ3) is 4.40. The van der Waals surface area contributed by atoms with Crippen LogP contribution in [0.3, 0.4) is 0 Å². The average molecular weight is 268 g/mol. The van der Waals surface area contributed by atoms with Gasteiger partial charge >= 0.3 is 0 Å². The Labute approximate surface area is 115 Å². The summed E-state index contributed by atoms with van der Waals surface area (Å²) in [6, 6.07) is 5.54. The van der Waals surface area contributed by atoms with Gasteiger partial charge in [0.1, 0.15) is 0 Å². The zero-order valence-corrected chi connectivity index (χ0v) is 12.2. The van der Waals surface area contributed by atoms with E-state index in [0.717, 1.165) is 5.56 Å². The van der Waals surface area contributed by atoms with Gasteiger partial charge in [0.2, 0.25) is 0 Å². The van der Waals surface area contributed by atoms with Gasteiger partial charge in [-0.1, -0.05) is 6.07 Å². The summed E-state index contributed by atoms with van der Waals surface area (Å²) in [4.78, 5) is 0. The lowest BCUT2D eigenvalue weighted by Crippen LogP contribution is -2.23. The molecule has 4 nitrogen and oxygen atoms in total. The highest BCUT2D eigenvalue weighted by atomic mass is 16.5. The van der Waals surface area contributed by atoms with E-state index in [-0.39, 0.29) is 0 Å². The number of hydrogen-bond acceptors (Lipinski definition) is 4. The van der Waals surface area contributed by atoms with Crippen LogP contribution in [0.5, 0.6) is 11.5 Å². The molecule has 0 aromatic heterocycles. The molecular weight excluding hydrogens is 244 g/mol. The van der Waals surface area contributed by atoms with E-state index in [2.05, 4.69) is 0 Å². The SMILES string of the molecule is CCOc1ccc(C(C)(O)CCOC)cc1OCC. The van der Waals surface area contributed by atoms with Crippen molar-refractivity contribution in [1.29, 1.82) is 0 Å². The van der Waals surface area contributed by atoms with Gasteiger partial charge in [0, 0.05) is 20.1 Å². The molecule has 0 saturated carbocycles. The zero-order valence-electron chi connectivity index (χ0n) is 12.2. The molecule has 0 radical (unpaired) electrons. The first kappa shape index (κ1) is 15.8. The molecule has 0 fully saturated rings. The normalized spacial score (nSPS) is 13.9. The van der Waals surface area contributed by atoms with Crippen LogP contribution in [0.1, 0.15) is 32.8 Å². The maximum Gasteiger partial charge on any atom is 0.161 e. The fourth-order valence-electron chi connectivity index (χ4n) is 1.83. The number of benzene rings is 1. The zero-order chi connectivity index (χ0) is 14.3. The highest BCUT2D eigenvalue weighted by Gasteiger charge is 2.24. The summed E-state index contributed by atoms with van der Waals surface area (Å²) in [5.41, 5.74) is -0.136. The number of ether oxygens (including phenoxy) is 3. The van der Waals surface area contributed by atoms with E-state index in [1.165, 1.54) is 0 Å². The lowest BCUT2D eigenvalue weighted by molar-refractivity contribution is 0.0208. The van der Waals surface area contributed by atoms with Crippen molar-refractivity contribution >= 4 is 0 Å². The van der Waals surface area contributed by atoms with Gasteiger partial charge in [-0.3, -0.25) is 0 Å². The Morgan fingerprint density at radius 2 is 1.74 bits per heavy atom. The van der Waals surface area contributed by atoms with Crippen molar-refractivity contribution in [3.05, 3.63) is 23.8 Å². The molecule has 0 saturated heterocycles. The Morgan fingerprint density at radius 3 is 2.32 bits per heavy atom. The standard InChI is InChI=1S/C15H24O4/c1-5-18-13-8-7-12(11-14(13)19-6-2)15(3,16)9-10-17-4/h7-8,11,16H,5-6,9-10H2,1-4H3. The molecule has 19 heavy (non-hydrogen) atoms. The highest BCUT2D eigenvalue weighted by molar-refractivity contribution is 5.44. The van der Waals surface area contributed by atoms with Crippen molar-refractivity contribution in [2.24, 2.45) is 0 Å². The maximum atomic E-state index is 10.5. The fourth-order valence-corrected chi connectivity index (χ4v) is 1.83. The van der Waals surface area contributed by atoms with E-state index in [9.17, 15) is 5.11 Å². The monoisotopic (exact) mass is 268 g/mol. The van der Waals surface area contributed by atoms with Gasteiger partial charge in [0.15, 0.2) is 11.5 Å². The molecule has 1 aromatic rings. The number of aliphatic hydroxyl groups is 1. The number of hydrogen-bond donors (Lipinski definition) is 1. The van der Waals surface area contributed by atoms with Crippen LogP contribution >= 0.6 is 0 Å². The minimum absolute atomic E-state index is 0.504. The van der Waals surface area contributed by atoms with Crippen molar-refractivity contribution in [1.82, 2.24) is 0 Å². The Bertz CT molecular complexity index is 388. The molecule has 4 heteroatoms. The van der Waals surface area contributed by atoms with Crippen molar-refractivity contribution in [2.45, 2.75) is 32.8 Å². The van der Waals surface area contributed by atoms with E-state index < -0.39 is 5.60 Å². The second kappa shape index (κ2) is 7.36. The van der Waals surface area contributed by atoms with Crippen molar-refractivity contribution in [2.75, 3.05) is 26.9 Å². The van der Waals surface area contributed by atoms with E-state index in [1.54, 1.807) is 14.0 Å². The lowest BCUT2D eigenvalue weighted by atomic mass is 9.92. The molecule has 0 aliphatic rings. The minimum atomic E-state index is -0.938. The molecule has 108 valence electrons. The fraction of sp³-hybridized carbons (Fsp3) is 0.600. The third-order valence-electron chi connectivity index (χ3n) is 2.96. The topological polar surface area (TPSA) is 47.9 Å². The van der Waals surface area contributed by atoms with Gasteiger partial charge < -0.3 is 19.3 Å². The third-order valence-corrected chi connectivity index (χ3v) is 2.96. The summed E-state index contributed by atoms with van der Waals surface area (Å²) < 4.78 is 16.1. The van der Waals surface area contributed by atoms with Crippen molar-refractivity contribution < 1.29 is 19.3 Å². The van der Waals surface area contributed by atoms with Gasteiger partial charge in [-0.25, -0.2) is 0 Å². The van der Waals surface area contributed by atoms with Crippen LogP contribution in [0.4, 0.5) is 0 Å². The summed E-state index contributed by atoms with van der Waals surface area (Å²) in [5.74, 6) is 1.37. The van der Waals surface area contributed by atoms with Crippen LogP contribution in [-0.4, -0.2) is 32.0 Å². The maximum absolute atomic E-state index is 10.5. The summed E-state index contributed by atoms with van der Waals surface area (Å²) >= 11 is 0. The van der Waals surface area contributed by atoms with Crippen LogP contribution in [0.2, 0.25) is 0 Å². The van der Waals surface area contributed by atoms with Gasteiger partial charge in [-0.15, -0.1) is 0 Å². The molecule has 1 atom stereocenters. The predicted molar refractivity (Wildman–Crippen MR) is 74.8 cm³/mol. The van der Waals surface area contributed by atoms with Crippen LogP contribution < -0.4 is 9.47 Å². The highest BCUT2D eigenvalue weighted by Crippen LogP contribution is 2.34. The van der Waals surface area contributed by atoms with Gasteiger partial charge in [-0.05, 0) is 38.5 Å². The summed E-state index contributed by atoms with van der Waals surface area (Å²) in [5, 5.41) is 10.5. The quantitative estimate of drug-likeness (QED) is 0.787. The Balaban J connectivity index is 2.99. The molecule has 0 bridgehead atoms. The lowest BCUT2D eigenvalue weighted by Gasteiger charge is -2.24. The van der Waals surface area contributed by atoms with Gasteiger partial charge in [-0.2, -0.15) is 0 Å². The first-order valence-corrected chi connectivity index (χ1v) is 6.66. The summed E-state index contributed by atoms with van der Waals surface area (Å²) in [7, 11) is 1.62. The van der Waals surface area contributed by atoms with Gasteiger partial charge in [0.05, 0.1) is 18.8 Å². The minimum Gasteiger partial charge on any atom is -0.490 e. The van der Waals surface area contributed by atoms with E-state index >= 15 is 0 Å². The molecular formula is C15H24O4. The molecule has 0 amide bonds. The van der Waals surface area contributed by atoms with Gasteiger partial charge in [0.25, 0.3) is 0 Å². The molecule has 1 rings (SSSR count). The second-order valence-electron chi connectivity index (χ2n) is 4.54. The average Bonchev–Trinajstić information content (AvgIpc) is 2.39. The van der Waals surface area contributed by atoms with E-state index in [4.69, 9.17) is 14.2 Å². The molecule has 0 heterocycles. The predicted octanol–water partition coefficient (Wildman–Crippen LogP) is 2.73. The Morgan fingerprint density at radius 1 is 1.11 bits per heavy atom. The number of methoxy groups -OCH3 is 1. The Hall–Kier alpha value is -1.26. The first-order chi connectivity index (χ1) is 9.05. The molecule has 0 spiro atoms. The largest absolute Gasteiger partial charge is 0.490 e. The molecule has 1 unspecified atom stereocenters. The van der Waals surface area contributed by atoms with E-state index in [0.29, 0.717) is 37.7 Å². The van der Waals surface area contributed by atoms with Crippen LogP contribution in [0.25, 0.3) is 0 Å².